The molecule has 20 heavy (non-hydrogen) atoms. The van der Waals surface area contributed by atoms with Crippen molar-refractivity contribution in [2.24, 2.45) is 5.41 Å². The summed E-state index contributed by atoms with van der Waals surface area (Å²) in [4.78, 5) is 6.72. The third-order valence-electron chi connectivity index (χ3n) is 4.59. The monoisotopic (exact) mass is 292 g/mol. The highest BCUT2D eigenvalue weighted by Gasteiger charge is 2.39. The normalized spacial score (nSPS) is 25.4. The second-order valence-corrected chi connectivity index (χ2v) is 7.10. The molecule has 1 saturated carbocycles. The van der Waals surface area contributed by atoms with Gasteiger partial charge in [-0.2, -0.15) is 11.8 Å². The van der Waals surface area contributed by atoms with Gasteiger partial charge in [-0.3, -0.25) is 9.88 Å². The zero-order valence-corrected chi connectivity index (χ0v) is 13.1. The third kappa shape index (κ3) is 3.29. The Bertz CT molecular complexity index is 422. The number of hydrogen-bond acceptors (Lipinski definition) is 4. The largest absolute Gasteiger partial charge is 0.487 e. The fourth-order valence-corrected chi connectivity index (χ4v) is 4.44. The van der Waals surface area contributed by atoms with Crippen molar-refractivity contribution in [3.05, 3.63) is 24.5 Å². The Morgan fingerprint density at radius 2 is 2.40 bits per heavy atom. The Morgan fingerprint density at radius 1 is 1.50 bits per heavy atom. The van der Waals surface area contributed by atoms with Crippen molar-refractivity contribution in [2.45, 2.75) is 31.8 Å². The van der Waals surface area contributed by atoms with Gasteiger partial charge in [0, 0.05) is 25.8 Å². The molecular weight excluding hydrogens is 268 g/mol. The molecule has 1 aliphatic heterocycles. The maximum Gasteiger partial charge on any atom is 0.138 e. The van der Waals surface area contributed by atoms with E-state index < -0.39 is 0 Å². The van der Waals surface area contributed by atoms with Crippen LogP contribution in [0.5, 0.6) is 5.75 Å². The highest BCUT2D eigenvalue weighted by Crippen LogP contribution is 2.44. The lowest BCUT2D eigenvalue weighted by atomic mass is 9.70. The van der Waals surface area contributed by atoms with Gasteiger partial charge < -0.3 is 4.74 Å². The molecule has 2 fully saturated rings. The topological polar surface area (TPSA) is 25.4 Å². The third-order valence-corrected chi connectivity index (χ3v) is 5.49. The molecule has 2 heterocycles. The van der Waals surface area contributed by atoms with E-state index in [1.165, 1.54) is 38.1 Å². The average molecular weight is 292 g/mol. The van der Waals surface area contributed by atoms with Crippen molar-refractivity contribution in [1.82, 2.24) is 9.88 Å². The van der Waals surface area contributed by atoms with E-state index in [4.69, 9.17) is 4.74 Å². The first-order chi connectivity index (χ1) is 9.80. The van der Waals surface area contributed by atoms with E-state index in [1.807, 2.05) is 30.1 Å². The highest BCUT2D eigenvalue weighted by molar-refractivity contribution is 7.98. The zero-order chi connectivity index (χ0) is 13.8. The number of pyridine rings is 1. The standard InChI is InChI=1S/C16H24N2OS/c1-20-13-16(6-3-7-16)12-18-9-5-15(11-18)19-14-4-2-8-17-10-14/h2,4,8,10,15H,3,5-7,9,11-13H2,1H3. The molecule has 1 aliphatic carbocycles. The second kappa shape index (κ2) is 6.35. The maximum absolute atomic E-state index is 6.02. The van der Waals surface area contributed by atoms with E-state index in [2.05, 4.69) is 16.1 Å². The molecule has 0 amide bonds. The van der Waals surface area contributed by atoms with Crippen LogP contribution in [0.4, 0.5) is 0 Å². The number of rotatable bonds is 6. The number of likely N-dealkylation sites (tertiary alicyclic amines) is 1. The van der Waals surface area contributed by atoms with Gasteiger partial charge in [-0.1, -0.05) is 6.42 Å². The van der Waals surface area contributed by atoms with Gasteiger partial charge in [-0.25, -0.2) is 0 Å². The van der Waals surface area contributed by atoms with Gasteiger partial charge >= 0.3 is 0 Å². The minimum Gasteiger partial charge on any atom is -0.487 e. The summed E-state index contributed by atoms with van der Waals surface area (Å²) >= 11 is 2.01. The molecule has 3 rings (SSSR count). The molecular formula is C16H24N2OS. The lowest BCUT2D eigenvalue weighted by molar-refractivity contribution is 0.0955. The van der Waals surface area contributed by atoms with Gasteiger partial charge in [-0.15, -0.1) is 0 Å². The predicted molar refractivity (Wildman–Crippen MR) is 84.4 cm³/mol. The van der Waals surface area contributed by atoms with E-state index in [1.54, 1.807) is 6.20 Å². The Hall–Kier alpha value is -0.740. The van der Waals surface area contributed by atoms with Crippen LogP contribution in [-0.4, -0.2) is 47.6 Å². The van der Waals surface area contributed by atoms with Crippen molar-refractivity contribution in [1.29, 1.82) is 0 Å². The van der Waals surface area contributed by atoms with E-state index in [0.29, 0.717) is 11.5 Å². The highest BCUT2D eigenvalue weighted by atomic mass is 32.2. The van der Waals surface area contributed by atoms with Crippen LogP contribution in [0, 0.1) is 5.41 Å². The molecule has 1 atom stereocenters. The van der Waals surface area contributed by atoms with Gasteiger partial charge in [0.15, 0.2) is 0 Å². The van der Waals surface area contributed by atoms with Crippen molar-refractivity contribution >= 4 is 11.8 Å². The smallest absolute Gasteiger partial charge is 0.138 e. The average Bonchev–Trinajstić information content (AvgIpc) is 2.85. The summed E-state index contributed by atoms with van der Waals surface area (Å²) in [5, 5.41) is 0. The Kier molecular flexibility index (Phi) is 4.51. The number of ether oxygens (including phenoxy) is 1. The summed E-state index contributed by atoms with van der Waals surface area (Å²) in [5.41, 5.74) is 0.600. The summed E-state index contributed by atoms with van der Waals surface area (Å²) in [6.07, 6.45) is 11.6. The quantitative estimate of drug-likeness (QED) is 0.804. The van der Waals surface area contributed by atoms with Crippen LogP contribution < -0.4 is 4.74 Å². The number of nitrogens with zero attached hydrogens (tertiary/aromatic N) is 2. The molecule has 1 aromatic rings. The summed E-state index contributed by atoms with van der Waals surface area (Å²) in [6.45, 7) is 3.52. The van der Waals surface area contributed by atoms with Crippen LogP contribution in [0.25, 0.3) is 0 Å². The first-order valence-corrected chi connectivity index (χ1v) is 8.97. The predicted octanol–water partition coefficient (Wildman–Crippen LogP) is 3.07. The number of hydrogen-bond donors (Lipinski definition) is 0. The maximum atomic E-state index is 6.02. The molecule has 0 radical (unpaired) electrons. The zero-order valence-electron chi connectivity index (χ0n) is 12.3. The van der Waals surface area contributed by atoms with Crippen molar-refractivity contribution in [3.8, 4) is 5.75 Å². The summed E-state index contributed by atoms with van der Waals surface area (Å²) < 4.78 is 6.02. The first kappa shape index (κ1) is 14.2. The second-order valence-electron chi connectivity index (χ2n) is 6.24. The molecule has 0 N–H and O–H groups in total. The van der Waals surface area contributed by atoms with Crippen molar-refractivity contribution < 1.29 is 4.74 Å². The van der Waals surface area contributed by atoms with Crippen LogP contribution in [0.15, 0.2) is 24.5 Å². The van der Waals surface area contributed by atoms with Gasteiger partial charge in [0.25, 0.3) is 0 Å². The van der Waals surface area contributed by atoms with Gasteiger partial charge in [0.1, 0.15) is 11.9 Å². The molecule has 0 spiro atoms. The lowest BCUT2D eigenvalue weighted by Crippen LogP contribution is -2.43. The molecule has 0 bridgehead atoms. The summed E-state index contributed by atoms with van der Waals surface area (Å²) in [6, 6.07) is 3.93. The number of thioether (sulfide) groups is 1. The molecule has 2 aliphatic rings. The van der Waals surface area contributed by atoms with E-state index in [0.717, 1.165) is 18.7 Å². The molecule has 4 heteroatoms. The van der Waals surface area contributed by atoms with E-state index in [-0.39, 0.29) is 0 Å². The SMILES string of the molecule is CSCC1(CN2CCC(Oc3cccnc3)C2)CCC1. The summed E-state index contributed by atoms with van der Waals surface area (Å²) in [7, 11) is 0. The first-order valence-electron chi connectivity index (χ1n) is 7.58. The number of aromatic nitrogens is 1. The van der Waals surface area contributed by atoms with Gasteiger partial charge in [-0.05, 0) is 48.8 Å². The molecule has 1 aromatic heterocycles. The Morgan fingerprint density at radius 3 is 3.05 bits per heavy atom. The Labute approximate surface area is 126 Å². The molecule has 110 valence electrons. The van der Waals surface area contributed by atoms with Crippen molar-refractivity contribution in [3.63, 3.8) is 0 Å². The van der Waals surface area contributed by atoms with E-state index >= 15 is 0 Å². The van der Waals surface area contributed by atoms with Crippen LogP contribution in [0.3, 0.4) is 0 Å². The molecule has 1 saturated heterocycles. The fourth-order valence-electron chi connectivity index (χ4n) is 3.45. The minimum absolute atomic E-state index is 0.339. The van der Waals surface area contributed by atoms with Crippen LogP contribution in [0.2, 0.25) is 0 Å². The molecule has 1 unspecified atom stereocenters. The Balaban J connectivity index is 1.49. The molecule has 0 aromatic carbocycles. The molecule has 3 nitrogen and oxygen atoms in total. The van der Waals surface area contributed by atoms with Gasteiger partial charge in [0.2, 0.25) is 0 Å². The van der Waals surface area contributed by atoms with Crippen molar-refractivity contribution in [2.75, 3.05) is 31.6 Å². The van der Waals surface area contributed by atoms with Crippen LogP contribution in [0.1, 0.15) is 25.7 Å². The lowest BCUT2D eigenvalue weighted by Gasteiger charge is -2.44. The van der Waals surface area contributed by atoms with E-state index in [9.17, 15) is 0 Å². The summed E-state index contributed by atoms with van der Waals surface area (Å²) in [5.74, 6) is 2.22. The van der Waals surface area contributed by atoms with Gasteiger partial charge in [0.05, 0.1) is 6.20 Å². The fraction of sp³-hybridized carbons (Fsp3) is 0.688. The van der Waals surface area contributed by atoms with Crippen LogP contribution >= 0.6 is 11.8 Å². The van der Waals surface area contributed by atoms with Crippen LogP contribution in [-0.2, 0) is 0 Å². The minimum atomic E-state index is 0.339.